The minimum atomic E-state index is -0.801. The highest BCUT2D eigenvalue weighted by Crippen LogP contribution is 2.24. The van der Waals surface area contributed by atoms with Crippen molar-refractivity contribution in [3.8, 4) is 0 Å². The van der Waals surface area contributed by atoms with E-state index in [1.165, 1.54) is 0 Å². The van der Waals surface area contributed by atoms with Gasteiger partial charge < -0.3 is 5.32 Å². The molecule has 0 bridgehead atoms. The third-order valence-corrected chi connectivity index (χ3v) is 3.61. The molecule has 0 spiro atoms. The fraction of sp³-hybridized carbons (Fsp3) is 0.438. The molecule has 1 N–H and O–H groups in total. The lowest BCUT2D eigenvalue weighted by atomic mass is 10.1. The van der Waals surface area contributed by atoms with Crippen LogP contribution in [0.1, 0.15) is 47.9 Å². The lowest BCUT2D eigenvalue weighted by Gasteiger charge is -2.21. The van der Waals surface area contributed by atoms with E-state index < -0.39 is 17.9 Å². The summed E-state index contributed by atoms with van der Waals surface area (Å²) in [7, 11) is 0. The summed E-state index contributed by atoms with van der Waals surface area (Å²) in [6, 6.07) is 5.84. The number of hydrogen-bond acceptors (Lipinski definition) is 3. The number of rotatable bonds is 5. The van der Waals surface area contributed by atoms with Gasteiger partial charge in [0, 0.05) is 6.54 Å². The number of hydrogen-bond donors (Lipinski definition) is 1. The highest BCUT2D eigenvalue weighted by Gasteiger charge is 2.40. The summed E-state index contributed by atoms with van der Waals surface area (Å²) < 4.78 is 0. The summed E-state index contributed by atoms with van der Waals surface area (Å²) in [4.78, 5) is 37.7. The zero-order valence-corrected chi connectivity index (χ0v) is 12.6. The third kappa shape index (κ3) is 2.96. The van der Waals surface area contributed by atoms with Gasteiger partial charge in [0.1, 0.15) is 6.04 Å². The molecule has 1 atom stereocenters. The molecule has 5 heteroatoms. The number of amides is 3. The third-order valence-electron chi connectivity index (χ3n) is 3.61. The van der Waals surface area contributed by atoms with Crippen LogP contribution in [0.4, 0.5) is 0 Å². The summed E-state index contributed by atoms with van der Waals surface area (Å²) in [5.74, 6) is -0.616. The Hall–Kier alpha value is -2.17. The molecular formula is C16H20N2O3. The lowest BCUT2D eigenvalue weighted by Crippen LogP contribution is -2.48. The van der Waals surface area contributed by atoms with Gasteiger partial charge in [-0.3, -0.25) is 19.3 Å². The van der Waals surface area contributed by atoms with Gasteiger partial charge in [-0.25, -0.2) is 0 Å². The minimum absolute atomic E-state index is 0.301. The summed E-state index contributed by atoms with van der Waals surface area (Å²) in [6.45, 7) is 6.26. The SMILES string of the molecule is CC(C)CCNC(=O)C(C)N1C(=O)c2ccccc2C1=O. The standard InChI is InChI=1S/C16H20N2O3/c1-10(2)8-9-17-14(19)11(3)18-15(20)12-6-4-5-7-13(12)16(18)21/h4-7,10-11H,8-9H2,1-3H3,(H,17,19). The van der Waals surface area contributed by atoms with E-state index in [0.29, 0.717) is 23.6 Å². The maximum absolute atomic E-state index is 12.3. The highest BCUT2D eigenvalue weighted by molar-refractivity contribution is 6.22. The van der Waals surface area contributed by atoms with Gasteiger partial charge in [0.05, 0.1) is 11.1 Å². The largest absolute Gasteiger partial charge is 0.354 e. The minimum Gasteiger partial charge on any atom is -0.354 e. The molecule has 0 aromatic heterocycles. The maximum atomic E-state index is 12.3. The van der Waals surface area contributed by atoms with Crippen molar-refractivity contribution in [1.29, 1.82) is 0 Å². The van der Waals surface area contributed by atoms with Crippen LogP contribution in [0.2, 0.25) is 0 Å². The van der Waals surface area contributed by atoms with Crippen LogP contribution in [0, 0.1) is 5.92 Å². The molecule has 0 saturated heterocycles. The number of nitrogens with one attached hydrogen (secondary N) is 1. The van der Waals surface area contributed by atoms with E-state index in [1.54, 1.807) is 31.2 Å². The smallest absolute Gasteiger partial charge is 0.262 e. The van der Waals surface area contributed by atoms with E-state index in [2.05, 4.69) is 19.2 Å². The number of nitrogens with zero attached hydrogens (tertiary/aromatic N) is 1. The van der Waals surface area contributed by atoms with Crippen molar-refractivity contribution in [3.05, 3.63) is 35.4 Å². The van der Waals surface area contributed by atoms with Crippen LogP contribution in [0.3, 0.4) is 0 Å². The molecule has 0 fully saturated rings. The number of carbonyl (C=O) groups excluding carboxylic acids is 3. The van der Waals surface area contributed by atoms with Gasteiger partial charge in [-0.2, -0.15) is 0 Å². The zero-order valence-electron chi connectivity index (χ0n) is 12.6. The Kier molecular flexibility index (Phi) is 4.40. The topological polar surface area (TPSA) is 66.5 Å². The average molecular weight is 288 g/mol. The van der Waals surface area contributed by atoms with Crippen molar-refractivity contribution < 1.29 is 14.4 Å². The second-order valence-corrected chi connectivity index (χ2v) is 5.68. The van der Waals surface area contributed by atoms with E-state index in [4.69, 9.17) is 0 Å². The first-order valence-corrected chi connectivity index (χ1v) is 7.18. The van der Waals surface area contributed by atoms with Gasteiger partial charge >= 0.3 is 0 Å². The molecule has 1 aromatic rings. The van der Waals surface area contributed by atoms with Crippen LogP contribution in [-0.2, 0) is 4.79 Å². The highest BCUT2D eigenvalue weighted by atomic mass is 16.2. The molecule has 1 unspecified atom stereocenters. The fourth-order valence-corrected chi connectivity index (χ4v) is 2.31. The molecule has 0 aliphatic carbocycles. The van der Waals surface area contributed by atoms with Crippen molar-refractivity contribution in [2.75, 3.05) is 6.54 Å². The number of benzene rings is 1. The summed E-state index contributed by atoms with van der Waals surface area (Å²) >= 11 is 0. The normalized spacial score (nSPS) is 15.3. The summed E-state index contributed by atoms with van der Waals surface area (Å²) in [5.41, 5.74) is 0.730. The lowest BCUT2D eigenvalue weighted by molar-refractivity contribution is -0.124. The Balaban J connectivity index is 2.07. The van der Waals surface area contributed by atoms with E-state index in [-0.39, 0.29) is 5.91 Å². The second-order valence-electron chi connectivity index (χ2n) is 5.68. The first-order valence-electron chi connectivity index (χ1n) is 7.18. The van der Waals surface area contributed by atoms with Crippen LogP contribution in [0.25, 0.3) is 0 Å². The van der Waals surface area contributed by atoms with Gasteiger partial charge in [-0.15, -0.1) is 0 Å². The van der Waals surface area contributed by atoms with E-state index >= 15 is 0 Å². The molecule has 1 heterocycles. The Bertz CT molecular complexity index is 546. The molecule has 1 aromatic carbocycles. The van der Waals surface area contributed by atoms with Crippen molar-refractivity contribution >= 4 is 17.7 Å². The quantitative estimate of drug-likeness (QED) is 0.841. The first-order chi connectivity index (χ1) is 9.93. The van der Waals surface area contributed by atoms with Crippen LogP contribution >= 0.6 is 0 Å². The molecule has 0 saturated carbocycles. The molecule has 3 amide bonds. The summed E-state index contributed by atoms with van der Waals surface area (Å²) in [5, 5.41) is 2.77. The second kappa shape index (κ2) is 6.08. The Morgan fingerprint density at radius 2 is 1.62 bits per heavy atom. The van der Waals surface area contributed by atoms with Gasteiger partial charge in [0.2, 0.25) is 5.91 Å². The van der Waals surface area contributed by atoms with Gasteiger partial charge in [0.25, 0.3) is 11.8 Å². The fourth-order valence-electron chi connectivity index (χ4n) is 2.31. The number of imide groups is 1. The van der Waals surface area contributed by atoms with E-state index in [0.717, 1.165) is 11.3 Å². The molecule has 21 heavy (non-hydrogen) atoms. The zero-order chi connectivity index (χ0) is 15.6. The maximum Gasteiger partial charge on any atom is 0.262 e. The van der Waals surface area contributed by atoms with Crippen LogP contribution < -0.4 is 5.32 Å². The van der Waals surface area contributed by atoms with E-state index in [1.807, 2.05) is 0 Å². The van der Waals surface area contributed by atoms with Crippen molar-refractivity contribution in [1.82, 2.24) is 10.2 Å². The Labute approximate surface area is 124 Å². The molecular weight excluding hydrogens is 268 g/mol. The Morgan fingerprint density at radius 3 is 2.10 bits per heavy atom. The van der Waals surface area contributed by atoms with Gasteiger partial charge in [0.15, 0.2) is 0 Å². The number of fused-ring (bicyclic) bond motifs is 1. The van der Waals surface area contributed by atoms with Crippen LogP contribution in [0.5, 0.6) is 0 Å². The van der Waals surface area contributed by atoms with Gasteiger partial charge in [-0.05, 0) is 31.4 Å². The number of carbonyl (C=O) groups is 3. The predicted molar refractivity (Wildman–Crippen MR) is 78.9 cm³/mol. The van der Waals surface area contributed by atoms with Crippen LogP contribution in [0.15, 0.2) is 24.3 Å². The average Bonchev–Trinajstić information content (AvgIpc) is 2.70. The van der Waals surface area contributed by atoms with Crippen molar-refractivity contribution in [2.24, 2.45) is 5.92 Å². The van der Waals surface area contributed by atoms with E-state index in [9.17, 15) is 14.4 Å². The Morgan fingerprint density at radius 1 is 1.10 bits per heavy atom. The molecule has 2 rings (SSSR count). The summed E-state index contributed by atoms with van der Waals surface area (Å²) in [6.07, 6.45) is 0.862. The molecule has 0 radical (unpaired) electrons. The van der Waals surface area contributed by atoms with Crippen molar-refractivity contribution in [3.63, 3.8) is 0 Å². The van der Waals surface area contributed by atoms with Crippen LogP contribution in [-0.4, -0.2) is 35.2 Å². The molecule has 1 aliphatic heterocycles. The predicted octanol–water partition coefficient (Wildman–Crippen LogP) is 1.83. The first kappa shape index (κ1) is 15.2. The molecule has 5 nitrogen and oxygen atoms in total. The molecule has 1 aliphatic rings. The van der Waals surface area contributed by atoms with Gasteiger partial charge in [-0.1, -0.05) is 26.0 Å². The monoisotopic (exact) mass is 288 g/mol. The molecule has 112 valence electrons. The van der Waals surface area contributed by atoms with Crippen molar-refractivity contribution in [2.45, 2.75) is 33.2 Å².